The molecule has 0 bridgehead atoms. The Kier molecular flexibility index (Phi) is 7.45. The van der Waals surface area contributed by atoms with Gasteiger partial charge in [0, 0.05) is 18.2 Å². The van der Waals surface area contributed by atoms with Gasteiger partial charge in [-0.05, 0) is 52.8 Å². The summed E-state index contributed by atoms with van der Waals surface area (Å²) in [4.78, 5) is 12.9. The van der Waals surface area contributed by atoms with Crippen LogP contribution in [-0.2, 0) is 4.52 Å². The quantitative estimate of drug-likeness (QED) is 0.407. The largest absolute Gasteiger partial charge is 0.352 e. The standard InChI is InChI=1S/C23H26FN2O2P/c1-15-4-3-5-20(21(10-15)17-6-8-22(24)16(2)11-17)18-7-9-23(25)19(12-18)13-26-14-28-29-27/h3-13,15,19,23,27,29H,14,25H2,1-2H3. The Labute approximate surface area is 173 Å². The molecule has 152 valence electrons. The molecule has 0 heterocycles. The van der Waals surface area contributed by atoms with Crippen molar-refractivity contribution in [2.75, 3.05) is 6.73 Å². The molecule has 0 aromatic heterocycles. The minimum atomic E-state index is -0.581. The molecule has 1 aromatic carbocycles. The molecule has 4 nitrogen and oxygen atoms in total. The zero-order valence-corrected chi connectivity index (χ0v) is 17.5. The number of halogens is 1. The Morgan fingerprint density at radius 3 is 2.86 bits per heavy atom. The van der Waals surface area contributed by atoms with Gasteiger partial charge in [-0.15, -0.1) is 0 Å². The van der Waals surface area contributed by atoms with Gasteiger partial charge in [0.1, 0.15) is 12.5 Å². The van der Waals surface area contributed by atoms with Gasteiger partial charge in [-0.25, -0.2) is 4.39 Å². The first-order chi connectivity index (χ1) is 14.0. The summed E-state index contributed by atoms with van der Waals surface area (Å²) >= 11 is 0. The van der Waals surface area contributed by atoms with Crippen molar-refractivity contribution in [1.82, 2.24) is 0 Å². The molecule has 3 rings (SSSR count). The fourth-order valence-electron chi connectivity index (χ4n) is 3.41. The average molecular weight is 412 g/mol. The van der Waals surface area contributed by atoms with E-state index in [0.29, 0.717) is 5.56 Å². The molecule has 0 saturated carbocycles. The van der Waals surface area contributed by atoms with Gasteiger partial charge >= 0.3 is 0 Å². The minimum absolute atomic E-state index is 0.0811. The van der Waals surface area contributed by atoms with Crippen LogP contribution in [0.2, 0.25) is 0 Å². The Bertz CT molecular complexity index is 931. The van der Waals surface area contributed by atoms with Crippen LogP contribution in [0.3, 0.4) is 0 Å². The van der Waals surface area contributed by atoms with Crippen molar-refractivity contribution in [2.24, 2.45) is 22.6 Å². The van der Waals surface area contributed by atoms with Gasteiger partial charge in [-0.3, -0.25) is 4.99 Å². The highest BCUT2D eigenvalue weighted by Gasteiger charge is 2.21. The molecule has 1 aromatic rings. The second-order valence-electron chi connectivity index (χ2n) is 7.20. The van der Waals surface area contributed by atoms with Crippen LogP contribution in [0.5, 0.6) is 0 Å². The van der Waals surface area contributed by atoms with E-state index >= 15 is 0 Å². The van der Waals surface area contributed by atoms with Gasteiger partial charge in [-0.1, -0.05) is 55.5 Å². The van der Waals surface area contributed by atoms with Gasteiger partial charge in [-0.2, -0.15) is 0 Å². The van der Waals surface area contributed by atoms with E-state index in [1.54, 1.807) is 13.1 Å². The molecule has 29 heavy (non-hydrogen) atoms. The van der Waals surface area contributed by atoms with Crippen LogP contribution in [0, 0.1) is 24.6 Å². The maximum Gasteiger partial charge on any atom is 0.154 e. The molecule has 0 saturated heterocycles. The molecule has 6 heteroatoms. The van der Waals surface area contributed by atoms with Gasteiger partial charge in [0.05, 0.1) is 0 Å². The van der Waals surface area contributed by atoms with Gasteiger partial charge in [0.2, 0.25) is 0 Å². The normalized spacial score (nSPS) is 24.7. The zero-order chi connectivity index (χ0) is 20.8. The van der Waals surface area contributed by atoms with Crippen molar-refractivity contribution >= 4 is 20.8 Å². The van der Waals surface area contributed by atoms with E-state index in [1.165, 1.54) is 6.07 Å². The fraction of sp³-hybridized carbons (Fsp3) is 0.261. The van der Waals surface area contributed by atoms with Crippen molar-refractivity contribution < 1.29 is 13.8 Å². The maximum atomic E-state index is 13.8. The van der Waals surface area contributed by atoms with E-state index in [1.807, 2.05) is 24.3 Å². The predicted molar refractivity (Wildman–Crippen MR) is 119 cm³/mol. The lowest BCUT2D eigenvalue weighted by Crippen LogP contribution is -2.30. The molecule has 0 radical (unpaired) electrons. The number of aryl methyl sites for hydroxylation is 1. The van der Waals surface area contributed by atoms with Crippen molar-refractivity contribution in [3.8, 4) is 0 Å². The summed E-state index contributed by atoms with van der Waals surface area (Å²) in [5.41, 5.74) is 11.0. The van der Waals surface area contributed by atoms with Crippen molar-refractivity contribution in [2.45, 2.75) is 19.9 Å². The van der Waals surface area contributed by atoms with Crippen LogP contribution >= 0.6 is 9.03 Å². The number of allylic oxidation sites excluding steroid dienone is 8. The van der Waals surface area contributed by atoms with E-state index in [2.05, 4.69) is 42.3 Å². The molecule has 4 unspecified atom stereocenters. The van der Waals surface area contributed by atoms with E-state index in [0.717, 1.165) is 22.3 Å². The molecule has 0 amide bonds. The Hall–Kier alpha value is -2.17. The Morgan fingerprint density at radius 1 is 1.28 bits per heavy atom. The lowest BCUT2D eigenvalue weighted by atomic mass is 9.84. The van der Waals surface area contributed by atoms with Crippen LogP contribution in [0.4, 0.5) is 4.39 Å². The van der Waals surface area contributed by atoms with Crippen LogP contribution < -0.4 is 5.73 Å². The van der Waals surface area contributed by atoms with Crippen molar-refractivity contribution in [3.05, 3.63) is 88.8 Å². The number of benzene rings is 1. The van der Waals surface area contributed by atoms with Crippen LogP contribution in [-0.4, -0.2) is 23.9 Å². The molecular formula is C23H26FN2O2P. The van der Waals surface area contributed by atoms with Crippen molar-refractivity contribution in [1.29, 1.82) is 0 Å². The SMILES string of the molecule is Cc1cc(C2=CC(C)C=CC=C2C2=CC(C=NCOPO)C(N)C=C2)ccc1F. The first-order valence-electron chi connectivity index (χ1n) is 9.53. The number of aliphatic imine (C=N–C) groups is 1. The van der Waals surface area contributed by atoms with E-state index in [9.17, 15) is 4.39 Å². The molecule has 0 aliphatic heterocycles. The van der Waals surface area contributed by atoms with Gasteiger partial charge < -0.3 is 15.2 Å². The number of nitrogens with two attached hydrogens (primary N) is 1. The zero-order valence-electron chi connectivity index (χ0n) is 16.5. The third-order valence-corrected chi connectivity index (χ3v) is 5.23. The Morgan fingerprint density at radius 2 is 2.10 bits per heavy atom. The highest BCUT2D eigenvalue weighted by molar-refractivity contribution is 7.24. The molecule has 2 aliphatic rings. The summed E-state index contributed by atoms with van der Waals surface area (Å²) in [7, 11) is -0.581. The second-order valence-corrected chi connectivity index (χ2v) is 7.67. The van der Waals surface area contributed by atoms with Crippen LogP contribution in [0.1, 0.15) is 18.1 Å². The molecule has 0 spiro atoms. The second kappa shape index (κ2) is 10.0. The number of hydrogen-bond acceptors (Lipinski definition) is 4. The maximum absolute atomic E-state index is 13.8. The highest BCUT2D eigenvalue weighted by atomic mass is 31.1. The van der Waals surface area contributed by atoms with Gasteiger partial charge in [0.25, 0.3) is 0 Å². The highest BCUT2D eigenvalue weighted by Crippen LogP contribution is 2.35. The summed E-state index contributed by atoms with van der Waals surface area (Å²) in [6, 6.07) is 5.05. The average Bonchev–Trinajstić information content (AvgIpc) is 2.90. The fourth-order valence-corrected chi connectivity index (χ4v) is 3.54. The predicted octanol–water partition coefficient (Wildman–Crippen LogP) is 4.64. The van der Waals surface area contributed by atoms with E-state index < -0.39 is 9.03 Å². The first-order valence-corrected chi connectivity index (χ1v) is 10.4. The summed E-state index contributed by atoms with van der Waals surface area (Å²) in [6.07, 6.45) is 16.3. The summed E-state index contributed by atoms with van der Waals surface area (Å²) in [6.45, 7) is 4.01. The van der Waals surface area contributed by atoms with Crippen molar-refractivity contribution in [3.63, 3.8) is 0 Å². The van der Waals surface area contributed by atoms with Gasteiger partial charge in [0.15, 0.2) is 9.03 Å². The summed E-state index contributed by atoms with van der Waals surface area (Å²) in [5, 5.41) is 0. The molecule has 4 atom stereocenters. The first kappa shape index (κ1) is 21.5. The smallest absolute Gasteiger partial charge is 0.154 e. The monoisotopic (exact) mass is 412 g/mol. The third-order valence-electron chi connectivity index (χ3n) is 4.97. The van der Waals surface area contributed by atoms with Crippen LogP contribution in [0.15, 0.2) is 76.9 Å². The third kappa shape index (κ3) is 5.46. The summed E-state index contributed by atoms with van der Waals surface area (Å²) in [5.74, 6) is -0.0276. The molecule has 2 aliphatic carbocycles. The van der Waals surface area contributed by atoms with E-state index in [4.69, 9.17) is 15.2 Å². The number of hydrogen-bond donors (Lipinski definition) is 2. The van der Waals surface area contributed by atoms with Crippen LogP contribution in [0.25, 0.3) is 5.57 Å². The molecule has 0 fully saturated rings. The molecule has 3 N–H and O–H groups in total. The minimum Gasteiger partial charge on any atom is -0.352 e. The topological polar surface area (TPSA) is 67.8 Å². The number of nitrogens with zero attached hydrogens (tertiary/aromatic N) is 1. The summed E-state index contributed by atoms with van der Waals surface area (Å²) < 4.78 is 18.7. The molecular weight excluding hydrogens is 386 g/mol. The van der Waals surface area contributed by atoms with E-state index in [-0.39, 0.29) is 30.4 Å². The Balaban J connectivity index is 1.97. The lowest BCUT2D eigenvalue weighted by molar-refractivity contribution is 0.339. The number of rotatable bonds is 6. The lowest BCUT2D eigenvalue weighted by Gasteiger charge is -2.22.